The highest BCUT2D eigenvalue weighted by molar-refractivity contribution is 9.10. The van der Waals surface area contributed by atoms with Crippen molar-refractivity contribution < 1.29 is 4.79 Å². The molecule has 1 saturated carbocycles. The Labute approximate surface area is 133 Å². The van der Waals surface area contributed by atoms with Gasteiger partial charge in [0.05, 0.1) is 0 Å². The quantitative estimate of drug-likeness (QED) is 0.858. The van der Waals surface area contributed by atoms with Crippen LogP contribution in [-0.4, -0.2) is 23.5 Å². The molecule has 0 bridgehead atoms. The van der Waals surface area contributed by atoms with Gasteiger partial charge in [-0.3, -0.25) is 4.79 Å². The number of aromatic nitrogens is 1. The number of halogens is 3. The number of nitrogens with two attached hydrogens (primary N) is 1. The first-order chi connectivity index (χ1) is 8.20. The second-order valence-corrected chi connectivity index (χ2v) is 5.28. The van der Waals surface area contributed by atoms with Crippen molar-refractivity contribution in [1.82, 2.24) is 10.3 Å². The van der Waals surface area contributed by atoms with Crippen molar-refractivity contribution in [3.05, 3.63) is 28.5 Å². The first-order valence-electron chi connectivity index (χ1n) is 5.83. The molecule has 1 aromatic heterocycles. The Morgan fingerprint density at radius 1 is 1.42 bits per heavy atom. The van der Waals surface area contributed by atoms with E-state index in [2.05, 4.69) is 26.2 Å². The van der Waals surface area contributed by atoms with Crippen LogP contribution in [0.3, 0.4) is 0 Å². The number of pyridine rings is 1. The molecular formula is C12H18BrCl2N3O. The van der Waals surface area contributed by atoms with Crippen LogP contribution in [-0.2, 0) is 0 Å². The second-order valence-electron chi connectivity index (χ2n) is 4.37. The normalized spacial score (nSPS) is 21.2. The van der Waals surface area contributed by atoms with Crippen LogP contribution in [0.5, 0.6) is 0 Å². The van der Waals surface area contributed by atoms with Gasteiger partial charge in [-0.25, -0.2) is 4.98 Å². The van der Waals surface area contributed by atoms with Gasteiger partial charge in [0.1, 0.15) is 5.69 Å². The molecule has 2 rings (SSSR count). The summed E-state index contributed by atoms with van der Waals surface area (Å²) in [6.07, 6.45) is 4.89. The highest BCUT2D eigenvalue weighted by Gasteiger charge is 2.27. The monoisotopic (exact) mass is 369 g/mol. The van der Waals surface area contributed by atoms with Crippen LogP contribution in [0.1, 0.15) is 29.8 Å². The van der Waals surface area contributed by atoms with Crippen LogP contribution in [0.4, 0.5) is 0 Å². The Bertz CT molecular complexity index is 402. The Morgan fingerprint density at radius 3 is 2.74 bits per heavy atom. The van der Waals surface area contributed by atoms with Crippen LogP contribution < -0.4 is 11.1 Å². The average Bonchev–Trinajstić information content (AvgIpc) is 2.77. The highest BCUT2D eigenvalue weighted by Crippen LogP contribution is 2.24. The molecule has 1 aliphatic carbocycles. The van der Waals surface area contributed by atoms with E-state index < -0.39 is 0 Å². The van der Waals surface area contributed by atoms with Crippen LogP contribution in [0.25, 0.3) is 0 Å². The molecule has 1 amide bonds. The van der Waals surface area contributed by atoms with Crippen LogP contribution in [0, 0.1) is 5.92 Å². The smallest absolute Gasteiger partial charge is 0.270 e. The molecule has 1 aliphatic rings. The Balaban J connectivity index is 0.00000162. The maximum Gasteiger partial charge on any atom is 0.270 e. The van der Waals surface area contributed by atoms with Crippen molar-refractivity contribution in [3.8, 4) is 0 Å². The van der Waals surface area contributed by atoms with Crippen molar-refractivity contribution in [1.29, 1.82) is 0 Å². The van der Waals surface area contributed by atoms with Gasteiger partial charge >= 0.3 is 0 Å². The van der Waals surface area contributed by atoms with E-state index in [4.69, 9.17) is 5.73 Å². The van der Waals surface area contributed by atoms with E-state index in [1.807, 2.05) is 6.07 Å². The van der Waals surface area contributed by atoms with Crippen LogP contribution in [0.15, 0.2) is 22.8 Å². The fourth-order valence-electron chi connectivity index (χ4n) is 2.26. The lowest BCUT2D eigenvalue weighted by Crippen LogP contribution is -2.40. The number of rotatable bonds is 3. The zero-order valence-electron chi connectivity index (χ0n) is 10.3. The highest BCUT2D eigenvalue weighted by atomic mass is 79.9. The third-order valence-electron chi connectivity index (χ3n) is 3.24. The lowest BCUT2D eigenvalue weighted by molar-refractivity contribution is 0.0923. The molecule has 2 atom stereocenters. The van der Waals surface area contributed by atoms with Gasteiger partial charge in [0.25, 0.3) is 5.91 Å². The summed E-state index contributed by atoms with van der Waals surface area (Å²) < 4.78 is 0.870. The number of nitrogens with zero attached hydrogens (tertiary/aromatic N) is 1. The number of hydrogen-bond acceptors (Lipinski definition) is 3. The fourth-order valence-corrected chi connectivity index (χ4v) is 2.50. The SMILES string of the molecule is Cl.Cl.NCC1CCCC1NC(=O)c1ccc(Br)cn1. The third kappa shape index (κ3) is 4.91. The summed E-state index contributed by atoms with van der Waals surface area (Å²) in [5.74, 6) is 0.303. The molecule has 1 aromatic rings. The summed E-state index contributed by atoms with van der Waals surface area (Å²) in [7, 11) is 0. The molecule has 19 heavy (non-hydrogen) atoms. The van der Waals surface area contributed by atoms with Gasteiger partial charge in [-0.1, -0.05) is 6.42 Å². The number of nitrogens with one attached hydrogen (secondary N) is 1. The van der Waals surface area contributed by atoms with Crippen LogP contribution >= 0.6 is 40.7 Å². The molecule has 0 radical (unpaired) electrons. The molecule has 7 heteroatoms. The van der Waals surface area contributed by atoms with E-state index in [9.17, 15) is 4.79 Å². The molecule has 1 heterocycles. The maximum atomic E-state index is 11.9. The van der Waals surface area contributed by atoms with Crippen LogP contribution in [0.2, 0.25) is 0 Å². The largest absolute Gasteiger partial charge is 0.348 e. The molecular weight excluding hydrogens is 353 g/mol. The van der Waals surface area contributed by atoms with E-state index in [-0.39, 0.29) is 36.8 Å². The molecule has 1 fully saturated rings. The minimum atomic E-state index is -0.108. The van der Waals surface area contributed by atoms with Gasteiger partial charge in [0.15, 0.2) is 0 Å². The molecule has 3 N–H and O–H groups in total. The summed E-state index contributed by atoms with van der Waals surface area (Å²) in [5.41, 5.74) is 6.14. The zero-order valence-corrected chi connectivity index (χ0v) is 13.6. The van der Waals surface area contributed by atoms with E-state index >= 15 is 0 Å². The van der Waals surface area contributed by atoms with Crippen molar-refractivity contribution >= 4 is 46.7 Å². The number of amides is 1. The molecule has 0 spiro atoms. The number of carbonyl (C=O) groups is 1. The van der Waals surface area contributed by atoms with Gasteiger partial charge in [0.2, 0.25) is 0 Å². The molecule has 2 unspecified atom stereocenters. The summed E-state index contributed by atoms with van der Waals surface area (Å²) in [5, 5.41) is 3.02. The standard InChI is InChI=1S/C12H16BrN3O.2ClH/c13-9-4-5-11(15-7-9)12(17)16-10-3-1-2-8(10)6-14;;/h4-5,7-8,10H,1-3,6,14H2,(H,16,17);2*1H. The van der Waals surface area contributed by atoms with Gasteiger partial charge < -0.3 is 11.1 Å². The average molecular weight is 371 g/mol. The Morgan fingerprint density at radius 2 is 2.16 bits per heavy atom. The molecule has 0 saturated heterocycles. The second kappa shape index (κ2) is 8.74. The van der Waals surface area contributed by atoms with Gasteiger partial charge in [-0.2, -0.15) is 0 Å². The van der Waals surface area contributed by atoms with Gasteiger partial charge in [-0.15, -0.1) is 24.8 Å². The zero-order chi connectivity index (χ0) is 12.3. The minimum Gasteiger partial charge on any atom is -0.348 e. The third-order valence-corrected chi connectivity index (χ3v) is 3.71. The van der Waals surface area contributed by atoms with E-state index in [0.717, 1.165) is 23.7 Å². The van der Waals surface area contributed by atoms with Crippen molar-refractivity contribution in [2.75, 3.05) is 6.54 Å². The predicted octanol–water partition coefficient (Wildman–Crippen LogP) is 2.54. The van der Waals surface area contributed by atoms with Crippen molar-refractivity contribution in [2.24, 2.45) is 11.7 Å². The van der Waals surface area contributed by atoms with E-state index in [1.54, 1.807) is 12.3 Å². The summed E-state index contributed by atoms with van der Waals surface area (Å²) in [6, 6.07) is 3.74. The lowest BCUT2D eigenvalue weighted by Gasteiger charge is -2.19. The first-order valence-corrected chi connectivity index (χ1v) is 6.62. The van der Waals surface area contributed by atoms with E-state index in [0.29, 0.717) is 18.2 Å². The lowest BCUT2D eigenvalue weighted by atomic mass is 10.0. The Hall–Kier alpha value is -0.360. The summed E-state index contributed by atoms with van der Waals surface area (Å²) >= 11 is 3.29. The predicted molar refractivity (Wildman–Crippen MR) is 84.1 cm³/mol. The van der Waals surface area contributed by atoms with Crippen molar-refractivity contribution in [3.63, 3.8) is 0 Å². The minimum absolute atomic E-state index is 0. The Kier molecular flexibility index (Phi) is 8.57. The fraction of sp³-hybridized carbons (Fsp3) is 0.500. The topological polar surface area (TPSA) is 68.0 Å². The van der Waals surface area contributed by atoms with E-state index in [1.165, 1.54) is 0 Å². The van der Waals surface area contributed by atoms with Gasteiger partial charge in [0, 0.05) is 16.7 Å². The number of carbonyl (C=O) groups excluding carboxylic acids is 1. The van der Waals surface area contributed by atoms with Crippen molar-refractivity contribution in [2.45, 2.75) is 25.3 Å². The molecule has 4 nitrogen and oxygen atoms in total. The molecule has 0 aliphatic heterocycles. The molecule has 0 aromatic carbocycles. The van der Waals surface area contributed by atoms with Gasteiger partial charge in [-0.05, 0) is 53.4 Å². The molecule has 108 valence electrons. The summed E-state index contributed by atoms with van der Waals surface area (Å²) in [6.45, 7) is 0.638. The first kappa shape index (κ1) is 18.6. The summed E-state index contributed by atoms with van der Waals surface area (Å²) in [4.78, 5) is 16.0. The maximum absolute atomic E-state index is 11.9. The number of hydrogen-bond donors (Lipinski definition) is 2.